The molecular formula is C21H27FIN5O2. The molecule has 1 fully saturated rings. The van der Waals surface area contributed by atoms with E-state index in [4.69, 9.17) is 0 Å². The molecule has 2 aromatic rings. The highest BCUT2D eigenvalue weighted by Crippen LogP contribution is 2.20. The fourth-order valence-electron chi connectivity index (χ4n) is 3.19. The third-order valence-corrected chi connectivity index (χ3v) is 4.63. The molecule has 0 unspecified atom stereocenters. The molecular weight excluding hydrogens is 500 g/mol. The number of carbonyl (C=O) groups excluding carboxylic acids is 1. The first-order valence-corrected chi connectivity index (χ1v) is 9.68. The lowest BCUT2D eigenvalue weighted by Crippen LogP contribution is -2.53. The van der Waals surface area contributed by atoms with Crippen molar-refractivity contribution < 1.29 is 14.3 Å². The van der Waals surface area contributed by atoms with Crippen LogP contribution in [0.1, 0.15) is 6.92 Å². The van der Waals surface area contributed by atoms with Crippen LogP contribution >= 0.6 is 24.0 Å². The lowest BCUT2D eigenvalue weighted by Gasteiger charge is -2.37. The van der Waals surface area contributed by atoms with E-state index in [0.717, 1.165) is 0 Å². The van der Waals surface area contributed by atoms with Crippen molar-refractivity contribution >= 4 is 47.2 Å². The lowest BCUT2D eigenvalue weighted by atomic mass is 10.2. The van der Waals surface area contributed by atoms with Crippen molar-refractivity contribution in [1.82, 2.24) is 10.2 Å². The molecule has 0 bridgehead atoms. The summed E-state index contributed by atoms with van der Waals surface area (Å²) in [5.41, 5.74) is 1.22. The van der Waals surface area contributed by atoms with Crippen molar-refractivity contribution in [2.75, 3.05) is 49.5 Å². The van der Waals surface area contributed by atoms with Crippen LogP contribution < -0.4 is 15.5 Å². The number of nitrogens with zero attached hydrogens (tertiary/aromatic N) is 3. The monoisotopic (exact) mass is 527 g/mol. The Morgan fingerprint density at radius 1 is 1.10 bits per heavy atom. The number of rotatable bonds is 5. The second-order valence-electron chi connectivity index (χ2n) is 6.69. The zero-order valence-electron chi connectivity index (χ0n) is 16.8. The third kappa shape index (κ3) is 6.48. The predicted molar refractivity (Wildman–Crippen MR) is 128 cm³/mol. The number of nitrogens with one attached hydrogen (secondary N) is 2. The molecule has 2 aromatic carbocycles. The molecule has 1 aliphatic rings. The first-order valence-electron chi connectivity index (χ1n) is 9.68. The summed E-state index contributed by atoms with van der Waals surface area (Å²) < 4.78 is 14.0. The molecule has 0 radical (unpaired) electrons. The van der Waals surface area contributed by atoms with Crippen molar-refractivity contribution in [2.24, 2.45) is 4.99 Å². The van der Waals surface area contributed by atoms with Crippen molar-refractivity contribution in [3.63, 3.8) is 0 Å². The van der Waals surface area contributed by atoms with Gasteiger partial charge in [-0.25, -0.2) is 9.38 Å². The molecule has 1 heterocycles. The minimum Gasteiger partial charge on any atom is -0.508 e. The van der Waals surface area contributed by atoms with Gasteiger partial charge in [-0.1, -0.05) is 12.1 Å². The summed E-state index contributed by atoms with van der Waals surface area (Å²) in [6.45, 7) is 5.35. The number of phenolic OH excluding ortho intramolecular Hbond substituents is 1. The highest BCUT2D eigenvalue weighted by Gasteiger charge is 2.21. The van der Waals surface area contributed by atoms with E-state index in [1.54, 1.807) is 24.3 Å². The molecule has 0 aliphatic carbocycles. The number of amides is 1. The van der Waals surface area contributed by atoms with Crippen LogP contribution in [0.15, 0.2) is 53.5 Å². The summed E-state index contributed by atoms with van der Waals surface area (Å²) >= 11 is 0. The number of guanidine groups is 1. The van der Waals surface area contributed by atoms with Crippen LogP contribution in [-0.2, 0) is 4.79 Å². The topological polar surface area (TPSA) is 80.2 Å². The average molecular weight is 527 g/mol. The van der Waals surface area contributed by atoms with Crippen LogP contribution in [0.4, 0.5) is 15.8 Å². The number of hydrogen-bond donors (Lipinski definition) is 3. The molecule has 162 valence electrons. The molecule has 0 spiro atoms. The maximum Gasteiger partial charge on any atom is 0.246 e. The largest absolute Gasteiger partial charge is 0.508 e. The molecule has 3 rings (SSSR count). The highest BCUT2D eigenvalue weighted by molar-refractivity contribution is 14.0. The third-order valence-electron chi connectivity index (χ3n) is 4.63. The fraction of sp³-hybridized carbons (Fsp3) is 0.333. The number of halogens is 2. The number of carbonyl (C=O) groups is 1. The molecule has 7 nitrogen and oxygen atoms in total. The summed E-state index contributed by atoms with van der Waals surface area (Å²) in [4.78, 5) is 20.7. The standard InChI is InChI=1S/C21H26FN5O2.HI/c1-2-23-21(24-15-20(29)25-16-7-9-17(28)10-8-16)27-13-11-26(12-14-27)19-6-4-3-5-18(19)22;/h3-10,28H,2,11-15H2,1H3,(H,23,24)(H,25,29);1H. The number of benzene rings is 2. The van der Waals surface area contributed by atoms with Gasteiger partial charge in [0.2, 0.25) is 5.91 Å². The van der Waals surface area contributed by atoms with E-state index in [9.17, 15) is 14.3 Å². The van der Waals surface area contributed by atoms with Gasteiger partial charge >= 0.3 is 0 Å². The Kier molecular flexibility index (Phi) is 9.15. The Morgan fingerprint density at radius 2 is 1.77 bits per heavy atom. The highest BCUT2D eigenvalue weighted by atomic mass is 127. The Bertz CT molecular complexity index is 855. The molecule has 1 aliphatic heterocycles. The number of phenols is 1. The number of aliphatic imine (C=N–C) groups is 1. The van der Waals surface area contributed by atoms with Crippen LogP contribution in [0.3, 0.4) is 0 Å². The molecule has 3 N–H and O–H groups in total. The van der Waals surface area contributed by atoms with E-state index in [1.807, 2.05) is 17.9 Å². The van der Waals surface area contributed by atoms with E-state index < -0.39 is 0 Å². The van der Waals surface area contributed by atoms with Crippen LogP contribution in [0, 0.1) is 5.82 Å². The Labute approximate surface area is 193 Å². The number of piperazine rings is 1. The van der Waals surface area contributed by atoms with Gasteiger partial charge in [-0.05, 0) is 43.3 Å². The minimum absolute atomic E-state index is 0. The van der Waals surface area contributed by atoms with Crippen LogP contribution in [0.2, 0.25) is 0 Å². The summed E-state index contributed by atoms with van der Waals surface area (Å²) in [7, 11) is 0. The predicted octanol–water partition coefficient (Wildman–Crippen LogP) is 2.88. The van der Waals surface area contributed by atoms with E-state index in [1.165, 1.54) is 18.2 Å². The average Bonchev–Trinajstić information content (AvgIpc) is 2.73. The van der Waals surface area contributed by atoms with Gasteiger partial charge < -0.3 is 25.5 Å². The molecule has 0 atom stereocenters. The maximum atomic E-state index is 14.0. The van der Waals surface area contributed by atoms with Crippen LogP contribution in [-0.4, -0.2) is 61.1 Å². The first-order chi connectivity index (χ1) is 14.1. The Morgan fingerprint density at radius 3 is 2.40 bits per heavy atom. The zero-order chi connectivity index (χ0) is 20.6. The van der Waals surface area contributed by atoms with Crippen molar-refractivity contribution in [3.05, 3.63) is 54.3 Å². The van der Waals surface area contributed by atoms with E-state index in [2.05, 4.69) is 20.5 Å². The Balaban J connectivity index is 0.00000320. The van der Waals surface area contributed by atoms with Gasteiger partial charge in [0, 0.05) is 38.4 Å². The lowest BCUT2D eigenvalue weighted by molar-refractivity contribution is -0.114. The number of para-hydroxylation sites is 1. The van der Waals surface area contributed by atoms with Crippen molar-refractivity contribution in [2.45, 2.75) is 6.92 Å². The van der Waals surface area contributed by atoms with Gasteiger partial charge in [0.05, 0.1) is 5.69 Å². The van der Waals surface area contributed by atoms with E-state index in [0.29, 0.717) is 50.1 Å². The fourth-order valence-corrected chi connectivity index (χ4v) is 3.19. The van der Waals surface area contributed by atoms with Gasteiger partial charge in [-0.15, -0.1) is 24.0 Å². The smallest absolute Gasteiger partial charge is 0.246 e. The number of hydrogen-bond acceptors (Lipinski definition) is 4. The minimum atomic E-state index is -0.240. The molecule has 30 heavy (non-hydrogen) atoms. The second-order valence-corrected chi connectivity index (χ2v) is 6.69. The quantitative estimate of drug-likeness (QED) is 0.241. The normalized spacial score (nSPS) is 14.1. The Hall–Kier alpha value is -2.56. The SMILES string of the molecule is CCNC(=NCC(=O)Nc1ccc(O)cc1)N1CCN(c2ccccc2F)CC1.I. The van der Waals surface area contributed by atoms with Gasteiger partial charge in [0.1, 0.15) is 18.1 Å². The van der Waals surface area contributed by atoms with Crippen LogP contribution in [0.5, 0.6) is 5.75 Å². The maximum absolute atomic E-state index is 14.0. The first kappa shape index (κ1) is 23.7. The molecule has 0 aromatic heterocycles. The van der Waals surface area contributed by atoms with Crippen LogP contribution in [0.25, 0.3) is 0 Å². The van der Waals surface area contributed by atoms with Gasteiger partial charge in [-0.2, -0.15) is 0 Å². The second kappa shape index (κ2) is 11.6. The number of aromatic hydroxyl groups is 1. The summed E-state index contributed by atoms with van der Waals surface area (Å²) in [5.74, 6) is 0.357. The molecule has 1 amide bonds. The van der Waals surface area contributed by atoms with Crippen molar-refractivity contribution in [3.8, 4) is 5.75 Å². The summed E-state index contributed by atoms with van der Waals surface area (Å²) in [6.07, 6.45) is 0. The van der Waals surface area contributed by atoms with Gasteiger partial charge in [-0.3, -0.25) is 4.79 Å². The molecule has 0 saturated carbocycles. The zero-order valence-corrected chi connectivity index (χ0v) is 19.2. The number of anilines is 2. The molecule has 9 heteroatoms. The van der Waals surface area contributed by atoms with Gasteiger partial charge in [0.15, 0.2) is 5.96 Å². The summed E-state index contributed by atoms with van der Waals surface area (Å²) in [5, 5.41) is 15.3. The van der Waals surface area contributed by atoms with E-state index in [-0.39, 0.29) is 48.0 Å². The molecule has 1 saturated heterocycles. The summed E-state index contributed by atoms with van der Waals surface area (Å²) in [6, 6.07) is 13.1. The van der Waals surface area contributed by atoms with Gasteiger partial charge in [0.25, 0.3) is 0 Å². The van der Waals surface area contributed by atoms with E-state index >= 15 is 0 Å². The van der Waals surface area contributed by atoms with Crippen molar-refractivity contribution in [1.29, 1.82) is 0 Å².